The molecule has 0 atom stereocenters. The highest BCUT2D eigenvalue weighted by Gasteiger charge is 2.13. The summed E-state index contributed by atoms with van der Waals surface area (Å²) in [7, 11) is 9.37. The van der Waals surface area contributed by atoms with Crippen LogP contribution in [0.1, 0.15) is 144 Å². The molecule has 0 unspecified atom stereocenters. The zero-order valence-corrected chi connectivity index (χ0v) is 42.2. The first-order valence-corrected chi connectivity index (χ1v) is 20.4. The fourth-order valence-corrected chi connectivity index (χ4v) is 3.74. The van der Waals surface area contributed by atoms with Crippen LogP contribution in [-0.2, 0) is 0 Å². The molecule has 0 saturated heterocycles. The number of hydrogen-bond acceptors (Lipinski definition) is 6. The van der Waals surface area contributed by atoms with Crippen LogP contribution in [0.15, 0.2) is 25.0 Å². The summed E-state index contributed by atoms with van der Waals surface area (Å²) in [4.78, 5) is 28.7. The Morgan fingerprint density at radius 2 is 0.879 bits per heavy atom. The quantitative estimate of drug-likeness (QED) is 0.139. The van der Waals surface area contributed by atoms with Crippen LogP contribution in [-0.4, -0.2) is 139 Å². The molecular weight excluding hydrogens is 729 g/mol. The molecule has 58 heavy (non-hydrogen) atoms. The van der Waals surface area contributed by atoms with Gasteiger partial charge in [-0.15, -0.1) is 0 Å². The number of nitrogens with zero attached hydrogens (tertiary/aromatic N) is 10. The van der Waals surface area contributed by atoms with Crippen molar-refractivity contribution in [2.45, 2.75) is 172 Å². The van der Waals surface area contributed by atoms with Gasteiger partial charge in [-0.25, -0.2) is 20.0 Å². The standard InChI is InChI=1S/C10H23N3.C9H18N4.C9H21N3.C8H19N3.C6H15N3/c1-8(2)7-13(6)9(11)12-10(3,4)5;1-9(2,3)12-8(11)13(4)7-5-6-10;1-6-7-12(5)8(10)11-9(2,3)4;1-6-11(5)7(9)10-8(2,3)4;1-6(2,3)9-5(7)8-4/h8H,7H2,1-6H3,(H2,11,12);5,7H2,1-4H3,(H2,11,12);6-7H2,1-5H3,(H2,10,11);6H2,1-5H3,(H2,9,10);1-4H3,(H3,7,8,9). The largest absolute Gasteiger partial charge is 0.370 e. The SMILES string of the molecule is CC(C)CN(C)C(N)=NC(C)(C)C.CCCN(C)C(N)=NC(C)(C)C.CCN(C)C(N)=NC(C)(C)C.CN(CCC#N)C(N)=NC(C)(C)C.CN=C(N)NC(C)(C)C. The lowest BCUT2D eigenvalue weighted by molar-refractivity contribution is 0.413. The average Bonchev–Trinajstić information content (AvgIpc) is 3.00. The molecular formula is C42H96N16. The van der Waals surface area contributed by atoms with E-state index in [2.05, 4.69) is 57.1 Å². The van der Waals surface area contributed by atoms with Crippen LogP contribution < -0.4 is 34.0 Å². The van der Waals surface area contributed by atoms with E-state index in [-0.39, 0.29) is 27.7 Å². The molecule has 0 aliphatic carbocycles. The zero-order chi connectivity index (χ0) is 47.5. The van der Waals surface area contributed by atoms with Crippen LogP contribution in [0.5, 0.6) is 0 Å². The average molecular weight is 825 g/mol. The van der Waals surface area contributed by atoms with Crippen molar-refractivity contribution in [3.8, 4) is 6.07 Å². The van der Waals surface area contributed by atoms with E-state index in [0.717, 1.165) is 26.1 Å². The van der Waals surface area contributed by atoms with Crippen molar-refractivity contribution >= 4 is 29.8 Å². The van der Waals surface area contributed by atoms with Crippen molar-refractivity contribution in [3.63, 3.8) is 0 Å². The van der Waals surface area contributed by atoms with Crippen molar-refractivity contribution in [2.75, 3.05) is 61.4 Å². The van der Waals surface area contributed by atoms with Crippen LogP contribution in [0.25, 0.3) is 0 Å². The predicted molar refractivity (Wildman–Crippen MR) is 257 cm³/mol. The monoisotopic (exact) mass is 825 g/mol. The third-order valence-corrected chi connectivity index (χ3v) is 6.34. The Morgan fingerprint density at radius 1 is 0.569 bits per heavy atom. The first-order valence-electron chi connectivity index (χ1n) is 20.4. The predicted octanol–water partition coefficient (Wildman–Crippen LogP) is 5.44. The van der Waals surface area contributed by atoms with E-state index < -0.39 is 0 Å². The number of nitrogens with two attached hydrogens (primary N) is 5. The minimum atomic E-state index is -0.162. The highest BCUT2D eigenvalue weighted by molar-refractivity contribution is 5.79. The van der Waals surface area contributed by atoms with Crippen molar-refractivity contribution in [3.05, 3.63) is 0 Å². The molecule has 0 bridgehead atoms. The third kappa shape index (κ3) is 49.9. The fraction of sp³-hybridized carbons (Fsp3) is 0.857. The second-order valence-corrected chi connectivity index (χ2v) is 19.6. The summed E-state index contributed by atoms with van der Waals surface area (Å²) in [5.41, 5.74) is 28.0. The summed E-state index contributed by atoms with van der Waals surface area (Å²) in [5, 5.41) is 11.4. The number of hydrogen-bond donors (Lipinski definition) is 6. The van der Waals surface area contributed by atoms with Gasteiger partial charge in [0, 0.05) is 67.0 Å². The number of rotatable bonds is 7. The first-order chi connectivity index (χ1) is 25.8. The van der Waals surface area contributed by atoms with E-state index in [1.807, 2.05) is 154 Å². The highest BCUT2D eigenvalue weighted by Crippen LogP contribution is 2.09. The molecule has 0 saturated carbocycles. The molecule has 0 amide bonds. The summed E-state index contributed by atoms with van der Waals surface area (Å²) < 4.78 is 0. The topological polar surface area (TPSA) is 241 Å². The molecule has 0 aromatic rings. The maximum Gasteiger partial charge on any atom is 0.191 e. The fourth-order valence-electron chi connectivity index (χ4n) is 3.74. The summed E-state index contributed by atoms with van der Waals surface area (Å²) in [6.45, 7) is 42.3. The summed E-state index contributed by atoms with van der Waals surface area (Å²) in [5.74, 6) is 3.45. The Kier molecular flexibility index (Phi) is 32.6. The van der Waals surface area contributed by atoms with Crippen LogP contribution in [0, 0.1) is 17.2 Å². The van der Waals surface area contributed by atoms with E-state index in [1.165, 1.54) is 0 Å². The smallest absolute Gasteiger partial charge is 0.191 e. The molecule has 344 valence electrons. The second-order valence-electron chi connectivity index (χ2n) is 19.6. The van der Waals surface area contributed by atoms with Crippen LogP contribution in [0.3, 0.4) is 0 Å². The van der Waals surface area contributed by atoms with Gasteiger partial charge in [0.25, 0.3) is 0 Å². The molecule has 0 fully saturated rings. The van der Waals surface area contributed by atoms with E-state index in [0.29, 0.717) is 48.7 Å². The zero-order valence-electron chi connectivity index (χ0n) is 42.2. The van der Waals surface area contributed by atoms with Crippen molar-refractivity contribution in [1.29, 1.82) is 5.26 Å². The maximum atomic E-state index is 8.37. The lowest BCUT2D eigenvalue weighted by atomic mass is 10.1. The second kappa shape index (κ2) is 30.0. The minimum Gasteiger partial charge on any atom is -0.370 e. The van der Waals surface area contributed by atoms with Gasteiger partial charge < -0.3 is 53.6 Å². The van der Waals surface area contributed by atoms with E-state index >= 15 is 0 Å². The van der Waals surface area contributed by atoms with Crippen molar-refractivity contribution < 1.29 is 0 Å². The van der Waals surface area contributed by atoms with Gasteiger partial charge in [-0.2, -0.15) is 5.26 Å². The Labute approximate surface area is 358 Å². The molecule has 0 aliphatic heterocycles. The molecule has 0 rings (SSSR count). The molecule has 16 heteroatoms. The van der Waals surface area contributed by atoms with E-state index in [1.54, 1.807) is 11.9 Å². The number of aliphatic imine (C=N–C) groups is 5. The van der Waals surface area contributed by atoms with Gasteiger partial charge in [0.1, 0.15) is 0 Å². The molecule has 0 aromatic carbocycles. The molecule has 16 nitrogen and oxygen atoms in total. The number of nitriles is 1. The molecule has 0 aromatic heterocycles. The molecule has 0 radical (unpaired) electrons. The van der Waals surface area contributed by atoms with Crippen molar-refractivity contribution in [1.82, 2.24) is 24.9 Å². The Bertz CT molecular complexity index is 1260. The van der Waals surface area contributed by atoms with Gasteiger partial charge in [0.2, 0.25) is 0 Å². The van der Waals surface area contributed by atoms with Gasteiger partial charge in [-0.1, -0.05) is 20.8 Å². The van der Waals surface area contributed by atoms with Crippen LogP contribution in [0.4, 0.5) is 0 Å². The first kappa shape index (κ1) is 63.0. The number of guanidine groups is 5. The minimum absolute atomic E-state index is 0.0175. The van der Waals surface area contributed by atoms with Gasteiger partial charge in [-0.3, -0.25) is 4.99 Å². The summed E-state index contributed by atoms with van der Waals surface area (Å²) >= 11 is 0. The van der Waals surface area contributed by atoms with Crippen molar-refractivity contribution in [2.24, 2.45) is 59.5 Å². The van der Waals surface area contributed by atoms with Gasteiger partial charge in [0.05, 0.1) is 34.6 Å². The molecule has 11 N–H and O–H groups in total. The lowest BCUT2D eigenvalue weighted by Crippen LogP contribution is -2.44. The third-order valence-electron chi connectivity index (χ3n) is 6.34. The Balaban J connectivity index is -0.000000203. The molecule has 0 heterocycles. The molecule has 0 spiro atoms. The van der Waals surface area contributed by atoms with E-state index in [4.69, 9.17) is 33.9 Å². The van der Waals surface area contributed by atoms with Crippen LogP contribution in [0.2, 0.25) is 0 Å². The normalized spacial score (nSPS) is 13.2. The maximum absolute atomic E-state index is 8.37. The lowest BCUT2D eigenvalue weighted by Gasteiger charge is -2.23. The highest BCUT2D eigenvalue weighted by atomic mass is 15.3. The summed E-state index contributed by atoms with van der Waals surface area (Å²) in [6.07, 6.45) is 1.56. The van der Waals surface area contributed by atoms with E-state index in [9.17, 15) is 0 Å². The number of nitrogens with one attached hydrogen (secondary N) is 1. The van der Waals surface area contributed by atoms with Gasteiger partial charge >= 0.3 is 0 Å². The molecule has 0 aliphatic rings. The van der Waals surface area contributed by atoms with Crippen LogP contribution >= 0.6 is 0 Å². The van der Waals surface area contributed by atoms with Gasteiger partial charge in [0.15, 0.2) is 29.8 Å². The summed E-state index contributed by atoms with van der Waals surface area (Å²) in [6, 6.07) is 2.06. The Morgan fingerprint density at radius 3 is 1.10 bits per heavy atom. The Hall–Kier alpha value is -4.16. The van der Waals surface area contributed by atoms with Gasteiger partial charge in [-0.05, 0) is 123 Å².